The Morgan fingerprint density at radius 3 is 2.50 bits per heavy atom. The van der Waals surface area contributed by atoms with Crippen LogP contribution in [0.1, 0.15) is 54.4 Å². The van der Waals surface area contributed by atoms with E-state index in [0.717, 1.165) is 26.0 Å². The van der Waals surface area contributed by atoms with Gasteiger partial charge in [-0.05, 0) is 40.5 Å². The van der Waals surface area contributed by atoms with Crippen LogP contribution in [-0.2, 0) is 9.47 Å². The van der Waals surface area contributed by atoms with Crippen LogP contribution in [0.2, 0.25) is 0 Å². The normalized spacial score (nSPS) is 28.1. The number of carbonyl (C=O) groups is 1. The molecule has 1 rings (SSSR count). The maximum Gasteiger partial charge on any atom is 0.410 e. The second-order valence-electron chi connectivity index (χ2n) is 7.45. The molecule has 0 aromatic rings. The summed E-state index contributed by atoms with van der Waals surface area (Å²) in [6.45, 7) is 14.4. The highest BCUT2D eigenvalue weighted by atomic mass is 16.6. The van der Waals surface area contributed by atoms with E-state index in [1.54, 1.807) is 11.9 Å². The summed E-state index contributed by atoms with van der Waals surface area (Å²) in [4.78, 5) is 13.5. The number of nitrogens with one attached hydrogen (secondary N) is 1. The number of rotatable bonds is 7. The van der Waals surface area contributed by atoms with Crippen molar-refractivity contribution in [1.29, 1.82) is 0 Å². The number of nitrogens with zero attached hydrogens (tertiary/aromatic N) is 1. The van der Waals surface area contributed by atoms with Gasteiger partial charge in [0.05, 0.1) is 6.10 Å². The smallest absolute Gasteiger partial charge is 0.410 e. The van der Waals surface area contributed by atoms with Crippen molar-refractivity contribution in [3.05, 3.63) is 0 Å². The molecule has 1 N–H and O–H groups in total. The Hall–Kier alpha value is -0.810. The highest BCUT2D eigenvalue weighted by molar-refractivity contribution is 5.67. The fourth-order valence-corrected chi connectivity index (χ4v) is 2.90. The van der Waals surface area contributed by atoms with Gasteiger partial charge in [0.15, 0.2) is 0 Å². The van der Waals surface area contributed by atoms with E-state index in [2.05, 4.69) is 19.2 Å². The molecule has 1 amide bonds. The molecule has 3 atom stereocenters. The van der Waals surface area contributed by atoms with Gasteiger partial charge in [-0.15, -0.1) is 0 Å². The van der Waals surface area contributed by atoms with Crippen molar-refractivity contribution in [3.8, 4) is 0 Å². The molecule has 0 radical (unpaired) electrons. The molecule has 0 heterocycles. The fraction of sp³-hybridized carbons (Fsp3) is 0.941. The summed E-state index contributed by atoms with van der Waals surface area (Å²) >= 11 is 0. The molecular weight excluding hydrogens is 280 g/mol. The molecule has 3 unspecified atom stereocenters. The van der Waals surface area contributed by atoms with E-state index < -0.39 is 5.60 Å². The summed E-state index contributed by atoms with van der Waals surface area (Å²) in [6.07, 6.45) is 2.22. The summed E-state index contributed by atoms with van der Waals surface area (Å²) < 4.78 is 11.2. The zero-order valence-electron chi connectivity index (χ0n) is 15.4. The topological polar surface area (TPSA) is 50.8 Å². The van der Waals surface area contributed by atoms with Crippen LogP contribution in [0.15, 0.2) is 0 Å². The standard InChI is InChI=1S/C17H34N2O3/c1-8-17(6)13(12-14(17)21-9-2)18-10-11-19(7)15(20)22-16(3,4)5/h13-14,18H,8-12H2,1-7H3. The van der Waals surface area contributed by atoms with Gasteiger partial charge in [0.1, 0.15) is 5.60 Å². The van der Waals surface area contributed by atoms with E-state index in [-0.39, 0.29) is 11.5 Å². The monoisotopic (exact) mass is 314 g/mol. The van der Waals surface area contributed by atoms with Gasteiger partial charge in [0.2, 0.25) is 0 Å². The summed E-state index contributed by atoms with van der Waals surface area (Å²) in [7, 11) is 1.78. The van der Waals surface area contributed by atoms with Crippen LogP contribution in [-0.4, -0.2) is 55.5 Å². The van der Waals surface area contributed by atoms with Crippen LogP contribution in [0.4, 0.5) is 4.79 Å². The number of carbonyl (C=O) groups excluding carboxylic acids is 1. The molecule has 1 saturated carbocycles. The lowest BCUT2D eigenvalue weighted by Gasteiger charge is -2.54. The van der Waals surface area contributed by atoms with Gasteiger partial charge in [-0.25, -0.2) is 4.79 Å². The highest BCUT2D eigenvalue weighted by Crippen LogP contribution is 2.45. The van der Waals surface area contributed by atoms with Crippen LogP contribution in [0.5, 0.6) is 0 Å². The van der Waals surface area contributed by atoms with E-state index in [1.165, 1.54) is 0 Å². The Morgan fingerprint density at radius 2 is 2.00 bits per heavy atom. The number of ether oxygens (including phenoxy) is 2. The summed E-state index contributed by atoms with van der Waals surface area (Å²) in [6, 6.07) is 0.459. The molecule has 1 fully saturated rings. The molecule has 0 aromatic carbocycles. The number of likely N-dealkylation sites (N-methyl/N-ethyl adjacent to an activating group) is 1. The average Bonchev–Trinajstić information content (AvgIpc) is 2.42. The number of amides is 1. The van der Waals surface area contributed by atoms with E-state index in [4.69, 9.17) is 9.47 Å². The highest BCUT2D eigenvalue weighted by Gasteiger charge is 2.50. The maximum atomic E-state index is 11.9. The first kappa shape index (κ1) is 19.2. The Morgan fingerprint density at radius 1 is 1.36 bits per heavy atom. The Kier molecular flexibility index (Phi) is 6.68. The minimum absolute atomic E-state index is 0.195. The molecule has 0 saturated heterocycles. The lowest BCUT2D eigenvalue weighted by molar-refractivity contribution is -0.125. The lowest BCUT2D eigenvalue weighted by atomic mass is 9.61. The molecular formula is C17H34N2O3. The average molecular weight is 314 g/mol. The first-order chi connectivity index (χ1) is 10.1. The van der Waals surface area contributed by atoms with Crippen molar-refractivity contribution in [2.75, 3.05) is 26.7 Å². The van der Waals surface area contributed by atoms with E-state index in [0.29, 0.717) is 18.7 Å². The zero-order chi connectivity index (χ0) is 17.0. The Balaban J connectivity index is 2.34. The van der Waals surface area contributed by atoms with E-state index in [9.17, 15) is 4.79 Å². The summed E-state index contributed by atoms with van der Waals surface area (Å²) in [5.41, 5.74) is -0.251. The largest absolute Gasteiger partial charge is 0.444 e. The molecule has 1 aliphatic rings. The van der Waals surface area contributed by atoms with Crippen LogP contribution in [0.3, 0.4) is 0 Å². The number of hydrogen-bond donors (Lipinski definition) is 1. The SMILES string of the molecule is CCOC1CC(NCCN(C)C(=O)OC(C)(C)C)C1(C)CC. The molecule has 0 aromatic heterocycles. The van der Waals surface area contributed by atoms with Crippen LogP contribution >= 0.6 is 0 Å². The predicted molar refractivity (Wildman–Crippen MR) is 89.1 cm³/mol. The quantitative estimate of drug-likeness (QED) is 0.785. The second-order valence-corrected chi connectivity index (χ2v) is 7.45. The third-order valence-corrected chi connectivity index (χ3v) is 4.65. The zero-order valence-corrected chi connectivity index (χ0v) is 15.4. The van der Waals surface area contributed by atoms with E-state index >= 15 is 0 Å². The van der Waals surface area contributed by atoms with Gasteiger partial charge in [-0.1, -0.05) is 13.8 Å². The van der Waals surface area contributed by atoms with Gasteiger partial charge in [0.25, 0.3) is 0 Å². The van der Waals surface area contributed by atoms with Gasteiger partial charge in [-0.2, -0.15) is 0 Å². The van der Waals surface area contributed by atoms with Crippen molar-refractivity contribution >= 4 is 6.09 Å². The van der Waals surface area contributed by atoms with Crippen molar-refractivity contribution in [3.63, 3.8) is 0 Å². The minimum atomic E-state index is -0.446. The molecule has 0 aliphatic heterocycles. The van der Waals surface area contributed by atoms with Crippen molar-refractivity contribution in [1.82, 2.24) is 10.2 Å². The first-order valence-corrected chi connectivity index (χ1v) is 8.43. The van der Waals surface area contributed by atoms with Gasteiger partial charge in [-0.3, -0.25) is 0 Å². The van der Waals surface area contributed by atoms with Crippen molar-refractivity contribution in [2.45, 2.75) is 72.1 Å². The minimum Gasteiger partial charge on any atom is -0.444 e. The third kappa shape index (κ3) is 4.85. The molecule has 5 nitrogen and oxygen atoms in total. The Bertz CT molecular complexity index is 367. The molecule has 0 spiro atoms. The van der Waals surface area contributed by atoms with Crippen LogP contribution in [0, 0.1) is 5.41 Å². The molecule has 1 aliphatic carbocycles. The van der Waals surface area contributed by atoms with E-state index in [1.807, 2.05) is 27.7 Å². The molecule has 0 bridgehead atoms. The maximum absolute atomic E-state index is 11.9. The third-order valence-electron chi connectivity index (χ3n) is 4.65. The van der Waals surface area contributed by atoms with Gasteiger partial charge >= 0.3 is 6.09 Å². The lowest BCUT2D eigenvalue weighted by Crippen LogP contribution is -2.62. The summed E-state index contributed by atoms with van der Waals surface area (Å²) in [5, 5.41) is 3.57. The van der Waals surface area contributed by atoms with Gasteiger partial charge < -0.3 is 19.7 Å². The van der Waals surface area contributed by atoms with Crippen LogP contribution in [0.25, 0.3) is 0 Å². The number of hydrogen-bond acceptors (Lipinski definition) is 4. The van der Waals surface area contributed by atoms with Gasteiger partial charge in [0, 0.05) is 38.2 Å². The first-order valence-electron chi connectivity index (χ1n) is 8.43. The second kappa shape index (κ2) is 7.64. The summed E-state index contributed by atoms with van der Waals surface area (Å²) in [5.74, 6) is 0. The predicted octanol–water partition coefficient (Wildman–Crippen LogP) is 3.04. The van der Waals surface area contributed by atoms with Crippen molar-refractivity contribution in [2.24, 2.45) is 5.41 Å². The molecule has 130 valence electrons. The van der Waals surface area contributed by atoms with Crippen LogP contribution < -0.4 is 5.32 Å². The van der Waals surface area contributed by atoms with Crippen molar-refractivity contribution < 1.29 is 14.3 Å². The molecule has 5 heteroatoms. The molecule has 22 heavy (non-hydrogen) atoms. The Labute approximate surface area is 135 Å². The fourth-order valence-electron chi connectivity index (χ4n) is 2.90.